The average molecular weight is 479 g/mol. The van der Waals surface area contributed by atoms with Crippen LogP contribution >= 0.6 is 11.3 Å². The van der Waals surface area contributed by atoms with Crippen molar-refractivity contribution < 1.29 is 0 Å². The Hall–Kier alpha value is -2.24. The van der Waals surface area contributed by atoms with Gasteiger partial charge in [0.15, 0.2) is 0 Å². The van der Waals surface area contributed by atoms with Gasteiger partial charge in [0.2, 0.25) is 0 Å². The molecule has 5 heteroatoms. The van der Waals surface area contributed by atoms with Crippen LogP contribution in [0.15, 0.2) is 36.5 Å². The van der Waals surface area contributed by atoms with Gasteiger partial charge in [-0.25, -0.2) is 4.98 Å². The fourth-order valence-electron chi connectivity index (χ4n) is 5.65. The zero-order valence-electron chi connectivity index (χ0n) is 22.7. The quantitative estimate of drug-likeness (QED) is 0.301. The minimum absolute atomic E-state index is 0.334. The second kappa shape index (κ2) is 10.2. The van der Waals surface area contributed by atoms with Crippen LogP contribution in [0.4, 0.5) is 0 Å². The zero-order valence-corrected chi connectivity index (χ0v) is 23.5. The van der Waals surface area contributed by atoms with E-state index in [-0.39, 0.29) is 0 Å². The Kier molecular flexibility index (Phi) is 7.89. The molecule has 4 aromatic rings. The molecule has 0 radical (unpaired) electrons. The summed E-state index contributed by atoms with van der Waals surface area (Å²) in [7, 11) is 1.96. The Bertz CT molecular complexity index is 1250. The SMILES string of the molecule is CC.CC1CC(C)(C)NC(C)(C)C1.Cc1nc2ccc(-c3cc(C)c4nn(C)cc4c3)cc2s1. The van der Waals surface area contributed by atoms with Crippen molar-refractivity contribution >= 4 is 32.5 Å². The molecule has 0 unspecified atom stereocenters. The molecule has 3 heterocycles. The van der Waals surface area contributed by atoms with Crippen LogP contribution in [-0.2, 0) is 7.05 Å². The molecule has 0 amide bonds. The Balaban J connectivity index is 0.000000212. The topological polar surface area (TPSA) is 42.7 Å². The average Bonchev–Trinajstić information content (AvgIpc) is 3.27. The maximum atomic E-state index is 4.52. The van der Waals surface area contributed by atoms with Crippen LogP contribution in [0.3, 0.4) is 0 Å². The Morgan fingerprint density at radius 1 is 0.971 bits per heavy atom. The summed E-state index contributed by atoms with van der Waals surface area (Å²) in [6, 6.07) is 10.9. The molecule has 1 aliphatic rings. The van der Waals surface area contributed by atoms with Crippen LogP contribution in [0.2, 0.25) is 0 Å². The van der Waals surface area contributed by atoms with E-state index in [1.165, 1.54) is 39.6 Å². The molecule has 184 valence electrons. The zero-order chi connectivity index (χ0) is 25.3. The normalized spacial score (nSPS) is 17.1. The first-order valence-electron chi connectivity index (χ1n) is 12.5. The van der Waals surface area contributed by atoms with Crippen molar-refractivity contribution in [3.8, 4) is 11.1 Å². The lowest BCUT2D eigenvalue weighted by molar-refractivity contribution is 0.138. The highest BCUT2D eigenvalue weighted by Gasteiger charge is 2.35. The molecule has 1 fully saturated rings. The fraction of sp³-hybridized carbons (Fsp3) is 0.517. The number of hydrogen-bond donors (Lipinski definition) is 1. The summed E-state index contributed by atoms with van der Waals surface area (Å²) in [6.07, 6.45) is 4.67. The molecule has 34 heavy (non-hydrogen) atoms. The van der Waals surface area contributed by atoms with E-state index in [2.05, 4.69) is 100 Å². The number of benzene rings is 2. The predicted octanol–water partition coefficient (Wildman–Crippen LogP) is 8.06. The summed E-state index contributed by atoms with van der Waals surface area (Å²) in [5, 5.41) is 10.5. The third kappa shape index (κ3) is 6.25. The molecule has 5 rings (SSSR count). The number of aromatic nitrogens is 3. The lowest BCUT2D eigenvalue weighted by Gasteiger charge is -2.45. The summed E-state index contributed by atoms with van der Waals surface area (Å²) in [5.41, 5.74) is 6.52. The van der Waals surface area contributed by atoms with Gasteiger partial charge in [0.05, 0.1) is 20.7 Å². The lowest BCUT2D eigenvalue weighted by atomic mass is 9.77. The highest BCUT2D eigenvalue weighted by atomic mass is 32.1. The molecule has 0 atom stereocenters. The predicted molar refractivity (Wildman–Crippen MR) is 150 cm³/mol. The maximum Gasteiger partial charge on any atom is 0.0952 e. The minimum Gasteiger partial charge on any atom is -0.307 e. The van der Waals surface area contributed by atoms with Crippen molar-refractivity contribution in [2.75, 3.05) is 0 Å². The Labute approximate surface area is 209 Å². The summed E-state index contributed by atoms with van der Waals surface area (Å²) in [4.78, 5) is 4.52. The van der Waals surface area contributed by atoms with Crippen LogP contribution in [0, 0.1) is 19.8 Å². The van der Waals surface area contributed by atoms with E-state index >= 15 is 0 Å². The maximum absolute atomic E-state index is 4.52. The third-order valence-corrected chi connectivity index (χ3v) is 7.07. The van der Waals surface area contributed by atoms with Crippen molar-refractivity contribution in [1.82, 2.24) is 20.1 Å². The summed E-state index contributed by atoms with van der Waals surface area (Å²) in [6.45, 7) is 19.7. The van der Waals surface area contributed by atoms with Gasteiger partial charge in [0, 0.05) is 29.7 Å². The van der Waals surface area contributed by atoms with Crippen LogP contribution in [0.5, 0.6) is 0 Å². The number of hydrogen-bond acceptors (Lipinski definition) is 4. The molecular weight excluding hydrogens is 436 g/mol. The fourth-order valence-corrected chi connectivity index (χ4v) is 6.51. The van der Waals surface area contributed by atoms with Crippen LogP contribution in [-0.4, -0.2) is 25.8 Å². The molecule has 0 aliphatic carbocycles. The van der Waals surface area contributed by atoms with E-state index in [4.69, 9.17) is 0 Å². The Morgan fingerprint density at radius 2 is 1.62 bits per heavy atom. The summed E-state index contributed by atoms with van der Waals surface area (Å²) >= 11 is 1.75. The second-order valence-corrected chi connectivity index (χ2v) is 12.1. The van der Waals surface area contributed by atoms with Crippen molar-refractivity contribution in [2.24, 2.45) is 13.0 Å². The number of thiazole rings is 1. The smallest absolute Gasteiger partial charge is 0.0952 e. The molecule has 2 aromatic heterocycles. The van der Waals surface area contributed by atoms with Gasteiger partial charge < -0.3 is 5.32 Å². The van der Waals surface area contributed by atoms with Gasteiger partial charge in [-0.1, -0.05) is 26.8 Å². The number of rotatable bonds is 1. The van der Waals surface area contributed by atoms with Crippen LogP contribution in [0.25, 0.3) is 32.2 Å². The van der Waals surface area contributed by atoms with Crippen LogP contribution in [0.1, 0.15) is 71.9 Å². The molecule has 0 saturated carbocycles. The molecule has 1 aliphatic heterocycles. The van der Waals surface area contributed by atoms with E-state index in [9.17, 15) is 0 Å². The second-order valence-electron chi connectivity index (χ2n) is 10.9. The van der Waals surface area contributed by atoms with Gasteiger partial charge >= 0.3 is 0 Å². The van der Waals surface area contributed by atoms with E-state index in [1.54, 1.807) is 11.3 Å². The Morgan fingerprint density at radius 3 is 2.24 bits per heavy atom. The van der Waals surface area contributed by atoms with E-state index < -0.39 is 0 Å². The van der Waals surface area contributed by atoms with Crippen molar-refractivity contribution in [1.29, 1.82) is 0 Å². The van der Waals surface area contributed by atoms with Crippen molar-refractivity contribution in [2.45, 2.75) is 86.2 Å². The van der Waals surface area contributed by atoms with Crippen LogP contribution < -0.4 is 5.32 Å². The van der Waals surface area contributed by atoms with Gasteiger partial charge in [0.1, 0.15) is 0 Å². The lowest BCUT2D eigenvalue weighted by Crippen LogP contribution is -2.57. The molecule has 1 saturated heterocycles. The number of piperidine rings is 1. The highest BCUT2D eigenvalue weighted by Crippen LogP contribution is 2.32. The van der Waals surface area contributed by atoms with Gasteiger partial charge in [-0.3, -0.25) is 4.68 Å². The van der Waals surface area contributed by atoms with Gasteiger partial charge in [0.25, 0.3) is 0 Å². The van der Waals surface area contributed by atoms with E-state index in [0.717, 1.165) is 22.0 Å². The van der Waals surface area contributed by atoms with Gasteiger partial charge in [-0.2, -0.15) is 5.10 Å². The first kappa shape index (κ1) is 26.4. The van der Waals surface area contributed by atoms with Gasteiger partial charge in [-0.15, -0.1) is 11.3 Å². The largest absolute Gasteiger partial charge is 0.307 e. The summed E-state index contributed by atoms with van der Waals surface area (Å²) in [5.74, 6) is 0.862. The van der Waals surface area contributed by atoms with Gasteiger partial charge in [-0.05, 0) is 101 Å². The first-order valence-corrected chi connectivity index (χ1v) is 13.3. The molecule has 2 aromatic carbocycles. The summed E-state index contributed by atoms with van der Waals surface area (Å²) < 4.78 is 3.12. The number of nitrogens with one attached hydrogen (secondary N) is 1. The number of aryl methyl sites for hydroxylation is 3. The minimum atomic E-state index is 0.334. The van der Waals surface area contributed by atoms with E-state index in [0.29, 0.717) is 11.1 Å². The van der Waals surface area contributed by atoms with E-state index in [1.807, 2.05) is 25.6 Å². The monoisotopic (exact) mass is 478 g/mol. The molecule has 4 nitrogen and oxygen atoms in total. The highest BCUT2D eigenvalue weighted by molar-refractivity contribution is 7.18. The molecular formula is C29H42N4S. The molecule has 1 N–H and O–H groups in total. The van der Waals surface area contributed by atoms with Crippen molar-refractivity contribution in [3.63, 3.8) is 0 Å². The first-order chi connectivity index (χ1) is 15.9. The number of nitrogens with zero attached hydrogens (tertiary/aromatic N) is 3. The number of fused-ring (bicyclic) bond motifs is 2. The standard InChI is InChI=1S/C17H15N3S.C10H21N.C2H6/c1-10-6-13(7-14-9-20(3)19-17(10)14)12-4-5-15-16(8-12)21-11(2)18-15;1-8-6-9(2,3)11-10(4,5)7-8;1-2/h4-9H,1-3H3;8,11H,6-7H2,1-5H3;1-2H3. The molecule has 0 spiro atoms. The van der Waals surface area contributed by atoms with Crippen molar-refractivity contribution in [3.05, 3.63) is 47.1 Å². The third-order valence-electron chi connectivity index (χ3n) is 6.14. The molecule has 0 bridgehead atoms.